The number of ether oxygens (including phenoxy) is 2. The van der Waals surface area contributed by atoms with Crippen molar-refractivity contribution in [1.82, 2.24) is 9.97 Å². The Balaban J connectivity index is 2.18. The molecule has 27 heavy (non-hydrogen) atoms. The number of nitrogen functional groups attached to an aromatic ring is 1. The van der Waals surface area contributed by atoms with Gasteiger partial charge in [-0.15, -0.1) is 0 Å². The fourth-order valence-corrected chi connectivity index (χ4v) is 2.77. The molecule has 1 aliphatic rings. The summed E-state index contributed by atoms with van der Waals surface area (Å²) in [5, 5.41) is 0. The molecule has 0 radical (unpaired) electrons. The molecule has 2 aromatic rings. The average Bonchev–Trinajstić information content (AvgIpc) is 2.66. The first-order valence-corrected chi connectivity index (χ1v) is 7.80. The maximum Gasteiger partial charge on any atom is 0.356 e. The monoisotopic (exact) mass is 368 g/mol. The van der Waals surface area contributed by atoms with E-state index in [1.807, 2.05) is 0 Å². The van der Waals surface area contributed by atoms with Crippen molar-refractivity contribution in [2.45, 2.75) is 6.92 Å². The molecule has 9 heteroatoms. The van der Waals surface area contributed by atoms with Crippen molar-refractivity contribution < 1.29 is 23.9 Å². The Morgan fingerprint density at radius 1 is 1.04 bits per heavy atom. The zero-order valence-corrected chi connectivity index (χ0v) is 14.8. The number of anilines is 1. The van der Waals surface area contributed by atoms with Crippen molar-refractivity contribution in [1.29, 1.82) is 0 Å². The molecule has 2 heterocycles. The lowest BCUT2D eigenvalue weighted by atomic mass is 9.95. The van der Waals surface area contributed by atoms with Crippen LogP contribution in [0.15, 0.2) is 29.7 Å². The topological polar surface area (TPSA) is 147 Å². The second-order valence-electron chi connectivity index (χ2n) is 5.78. The third kappa shape index (κ3) is 2.78. The van der Waals surface area contributed by atoms with Crippen molar-refractivity contribution in [3.63, 3.8) is 0 Å². The van der Waals surface area contributed by atoms with E-state index in [0.717, 1.165) is 0 Å². The van der Waals surface area contributed by atoms with E-state index >= 15 is 0 Å². The first-order valence-electron chi connectivity index (χ1n) is 7.80. The number of Topliss-reactive ketones (excluding diaryl/α,β-unsaturated/α-hetero) is 2. The Hall–Kier alpha value is -3.75. The highest BCUT2D eigenvalue weighted by Gasteiger charge is 2.33. The zero-order chi connectivity index (χ0) is 19.9. The predicted molar refractivity (Wildman–Crippen MR) is 94.8 cm³/mol. The van der Waals surface area contributed by atoms with Crippen molar-refractivity contribution in [3.8, 4) is 11.4 Å². The highest BCUT2D eigenvalue weighted by Crippen LogP contribution is 2.29. The van der Waals surface area contributed by atoms with Crippen LogP contribution in [0.4, 0.5) is 5.69 Å². The number of methoxy groups -OCH3 is 2. The summed E-state index contributed by atoms with van der Waals surface area (Å²) >= 11 is 0. The van der Waals surface area contributed by atoms with Gasteiger partial charge in [0, 0.05) is 0 Å². The van der Waals surface area contributed by atoms with Gasteiger partial charge in [0.15, 0.2) is 11.5 Å². The molecule has 2 aromatic heterocycles. The Morgan fingerprint density at radius 3 is 2.37 bits per heavy atom. The molecule has 0 aromatic carbocycles. The maximum atomic E-state index is 12.5. The molecule has 138 valence electrons. The van der Waals surface area contributed by atoms with E-state index in [1.165, 1.54) is 26.4 Å². The van der Waals surface area contributed by atoms with E-state index in [4.69, 9.17) is 20.9 Å². The minimum atomic E-state index is -0.629. The van der Waals surface area contributed by atoms with Crippen LogP contribution in [0.5, 0.6) is 0 Å². The van der Waals surface area contributed by atoms with Gasteiger partial charge in [0.2, 0.25) is 11.6 Å². The van der Waals surface area contributed by atoms with Gasteiger partial charge in [0.1, 0.15) is 17.1 Å². The molecule has 0 bridgehead atoms. The molecule has 9 nitrogen and oxygen atoms in total. The van der Waals surface area contributed by atoms with Crippen LogP contribution in [0.1, 0.15) is 36.9 Å². The number of fused-ring (bicyclic) bond motifs is 1. The van der Waals surface area contributed by atoms with Crippen LogP contribution in [-0.2, 0) is 9.47 Å². The van der Waals surface area contributed by atoms with E-state index < -0.39 is 17.5 Å². The molecule has 1 aliphatic carbocycles. The van der Waals surface area contributed by atoms with Gasteiger partial charge < -0.3 is 20.9 Å². The standard InChI is InChI=1S/C18H16N4O5/c1-7-6-9(19)14(22-12(7)18(25)27-3)10-5-4-8-13(21-10)16(24)17(26-2)11(20)15(8)23/h4-6H,19-20H2,1-3H3. The van der Waals surface area contributed by atoms with Crippen LogP contribution >= 0.6 is 0 Å². The first-order chi connectivity index (χ1) is 12.8. The van der Waals surface area contributed by atoms with Crippen LogP contribution in [0.25, 0.3) is 11.4 Å². The number of carbonyl (C=O) groups is 3. The number of allylic oxidation sites excluding steroid dienone is 2. The highest BCUT2D eigenvalue weighted by atomic mass is 16.5. The summed E-state index contributed by atoms with van der Waals surface area (Å²) in [7, 11) is 2.48. The number of aryl methyl sites for hydroxylation is 1. The van der Waals surface area contributed by atoms with Gasteiger partial charge in [0.25, 0.3) is 0 Å². The molecule has 0 aliphatic heterocycles. The fraction of sp³-hybridized carbons (Fsp3) is 0.167. The van der Waals surface area contributed by atoms with Crippen LogP contribution in [0.3, 0.4) is 0 Å². The second kappa shape index (κ2) is 6.52. The van der Waals surface area contributed by atoms with Crippen molar-refractivity contribution in [3.05, 3.63) is 52.2 Å². The summed E-state index contributed by atoms with van der Waals surface area (Å²) in [6.45, 7) is 1.67. The fourth-order valence-electron chi connectivity index (χ4n) is 2.77. The smallest absolute Gasteiger partial charge is 0.356 e. The van der Waals surface area contributed by atoms with E-state index in [2.05, 4.69) is 9.97 Å². The first kappa shape index (κ1) is 18.1. The van der Waals surface area contributed by atoms with Crippen LogP contribution < -0.4 is 11.5 Å². The van der Waals surface area contributed by atoms with E-state index in [9.17, 15) is 14.4 Å². The number of esters is 1. The maximum absolute atomic E-state index is 12.5. The number of hydrogen-bond donors (Lipinski definition) is 2. The Kier molecular flexibility index (Phi) is 4.36. The predicted octanol–water partition coefficient (Wildman–Crippen LogP) is 1.02. The van der Waals surface area contributed by atoms with Crippen LogP contribution in [0, 0.1) is 6.92 Å². The normalized spacial score (nSPS) is 13.4. The van der Waals surface area contributed by atoms with Crippen molar-refractivity contribution in [2.24, 2.45) is 5.73 Å². The molecule has 0 saturated carbocycles. The lowest BCUT2D eigenvalue weighted by Gasteiger charge is -2.17. The molecule has 0 spiro atoms. The lowest BCUT2D eigenvalue weighted by Crippen LogP contribution is -2.28. The average molecular weight is 368 g/mol. The number of carbonyl (C=O) groups excluding carboxylic acids is 3. The molecule has 0 fully saturated rings. The summed E-state index contributed by atoms with van der Waals surface area (Å²) in [5.74, 6) is -2.07. The summed E-state index contributed by atoms with van der Waals surface area (Å²) in [6.07, 6.45) is 0. The van der Waals surface area contributed by atoms with Crippen LogP contribution in [0.2, 0.25) is 0 Å². The van der Waals surface area contributed by atoms with Gasteiger partial charge in [-0.3, -0.25) is 9.59 Å². The van der Waals surface area contributed by atoms with E-state index in [0.29, 0.717) is 5.56 Å². The number of rotatable bonds is 3. The number of ketones is 2. The second-order valence-corrected chi connectivity index (χ2v) is 5.78. The summed E-state index contributed by atoms with van der Waals surface area (Å²) in [6, 6.07) is 4.45. The van der Waals surface area contributed by atoms with Crippen LogP contribution in [-0.4, -0.2) is 41.7 Å². The number of nitrogens with two attached hydrogens (primary N) is 2. The Bertz CT molecular complexity index is 1040. The van der Waals surface area contributed by atoms with Crippen molar-refractivity contribution in [2.75, 3.05) is 20.0 Å². The van der Waals surface area contributed by atoms with Crippen molar-refractivity contribution >= 4 is 23.2 Å². The molecular weight excluding hydrogens is 352 g/mol. The zero-order valence-electron chi connectivity index (χ0n) is 14.8. The van der Waals surface area contributed by atoms with E-state index in [1.54, 1.807) is 13.0 Å². The number of hydrogen-bond acceptors (Lipinski definition) is 9. The van der Waals surface area contributed by atoms with E-state index in [-0.39, 0.29) is 45.5 Å². The Morgan fingerprint density at radius 2 is 1.74 bits per heavy atom. The number of aromatic nitrogens is 2. The third-order valence-corrected chi connectivity index (χ3v) is 4.12. The molecule has 3 rings (SSSR count). The highest BCUT2D eigenvalue weighted by molar-refractivity contribution is 6.25. The Labute approximate surface area is 154 Å². The van der Waals surface area contributed by atoms with Gasteiger partial charge >= 0.3 is 5.97 Å². The summed E-state index contributed by atoms with van der Waals surface area (Å²) < 4.78 is 9.65. The quantitative estimate of drug-likeness (QED) is 0.757. The number of nitrogens with zero attached hydrogens (tertiary/aromatic N) is 2. The SMILES string of the molecule is COC(=O)c1nc(-c2ccc3c(n2)C(=O)C(OC)=C(N)C3=O)c(N)cc1C. The molecule has 0 atom stereocenters. The van der Waals surface area contributed by atoms with Gasteiger partial charge in [-0.25, -0.2) is 14.8 Å². The lowest BCUT2D eigenvalue weighted by molar-refractivity contribution is 0.0593. The van der Waals surface area contributed by atoms with Gasteiger partial charge in [0.05, 0.1) is 31.2 Å². The molecule has 0 saturated heterocycles. The number of pyridine rings is 2. The minimum Gasteiger partial charge on any atom is -0.491 e. The van der Waals surface area contributed by atoms with Gasteiger partial charge in [-0.1, -0.05) is 0 Å². The molecule has 0 unspecified atom stereocenters. The third-order valence-electron chi connectivity index (χ3n) is 4.12. The summed E-state index contributed by atoms with van der Waals surface area (Å²) in [4.78, 5) is 45.2. The molecule has 0 amide bonds. The van der Waals surface area contributed by atoms with Gasteiger partial charge in [-0.05, 0) is 30.7 Å². The molecule has 4 N–H and O–H groups in total. The van der Waals surface area contributed by atoms with Gasteiger partial charge in [-0.2, -0.15) is 0 Å². The largest absolute Gasteiger partial charge is 0.491 e. The summed E-state index contributed by atoms with van der Waals surface area (Å²) in [5.41, 5.74) is 12.6. The minimum absolute atomic E-state index is 0.0564. The molecular formula is C18H16N4O5.